The lowest BCUT2D eigenvalue weighted by Gasteiger charge is -2.09. The van der Waals surface area contributed by atoms with E-state index < -0.39 is 27.6 Å². The van der Waals surface area contributed by atoms with E-state index in [9.17, 15) is 26.4 Å². The number of carbonyl (C=O) groups is 1. The highest BCUT2D eigenvalue weighted by atomic mass is 32.2. The predicted octanol–water partition coefficient (Wildman–Crippen LogP) is 3.60. The summed E-state index contributed by atoms with van der Waals surface area (Å²) < 4.78 is 62.0. The molecule has 0 atom stereocenters. The van der Waals surface area contributed by atoms with Gasteiger partial charge in [0.1, 0.15) is 0 Å². The van der Waals surface area contributed by atoms with Crippen molar-refractivity contribution in [2.75, 3.05) is 11.1 Å². The first-order chi connectivity index (χ1) is 11.1. The number of carbonyl (C=O) groups excluding carboxylic acids is 1. The third-order valence-corrected chi connectivity index (χ3v) is 5.68. The Morgan fingerprint density at radius 3 is 2.54 bits per heavy atom. The van der Waals surface area contributed by atoms with E-state index in [4.69, 9.17) is 0 Å². The summed E-state index contributed by atoms with van der Waals surface area (Å²) in [6, 6.07) is 5.55. The summed E-state index contributed by atoms with van der Waals surface area (Å²) >= 11 is 0.611. The van der Waals surface area contributed by atoms with Gasteiger partial charge >= 0.3 is 6.18 Å². The van der Waals surface area contributed by atoms with Crippen LogP contribution in [0.4, 0.5) is 18.3 Å². The molecule has 0 spiro atoms. The van der Waals surface area contributed by atoms with Gasteiger partial charge in [-0.3, -0.25) is 10.1 Å². The van der Waals surface area contributed by atoms with Crippen molar-refractivity contribution in [3.63, 3.8) is 0 Å². The maximum atomic E-state index is 12.5. The lowest BCUT2D eigenvalue weighted by atomic mass is 10.2. The molecule has 0 aliphatic carbocycles. The molecule has 0 saturated carbocycles. The van der Waals surface area contributed by atoms with Crippen molar-refractivity contribution >= 4 is 32.2 Å². The molecule has 0 unspecified atom stereocenters. The summed E-state index contributed by atoms with van der Waals surface area (Å²) in [5.41, 5.74) is -1.25. The molecule has 1 amide bonds. The van der Waals surface area contributed by atoms with E-state index in [1.807, 2.05) is 0 Å². The van der Waals surface area contributed by atoms with Crippen LogP contribution in [-0.4, -0.2) is 25.1 Å². The van der Waals surface area contributed by atoms with E-state index in [1.165, 1.54) is 24.3 Å². The van der Waals surface area contributed by atoms with E-state index >= 15 is 0 Å². The Morgan fingerprint density at radius 1 is 1.29 bits per heavy atom. The van der Waals surface area contributed by atoms with Crippen molar-refractivity contribution in [2.45, 2.75) is 24.4 Å². The van der Waals surface area contributed by atoms with Crippen molar-refractivity contribution in [1.29, 1.82) is 0 Å². The third kappa shape index (κ3) is 4.12. The van der Waals surface area contributed by atoms with Crippen LogP contribution >= 0.6 is 11.3 Å². The molecule has 1 aromatic carbocycles. The maximum Gasteiger partial charge on any atom is 0.434 e. The summed E-state index contributed by atoms with van der Waals surface area (Å²) in [5, 5.41) is 2.73. The Balaban J connectivity index is 2.30. The molecule has 0 bridgehead atoms. The van der Waals surface area contributed by atoms with Gasteiger partial charge in [0, 0.05) is 5.38 Å². The number of sulfone groups is 1. The minimum absolute atomic E-state index is 0.130. The number of thiazole rings is 1. The number of nitrogens with zero attached hydrogens (tertiary/aromatic N) is 1. The number of anilines is 1. The van der Waals surface area contributed by atoms with Crippen LogP contribution in [0.2, 0.25) is 0 Å². The minimum Gasteiger partial charge on any atom is -0.298 e. The predicted molar refractivity (Wildman–Crippen MR) is 83.9 cm³/mol. The van der Waals surface area contributed by atoms with E-state index in [2.05, 4.69) is 10.3 Å². The topological polar surface area (TPSA) is 76.1 Å². The van der Waals surface area contributed by atoms with E-state index in [-0.39, 0.29) is 21.3 Å². The lowest BCUT2D eigenvalue weighted by Crippen LogP contribution is -2.18. The summed E-state index contributed by atoms with van der Waals surface area (Å²) in [6.45, 7) is 1.69. The van der Waals surface area contributed by atoms with E-state index in [0.29, 0.717) is 17.8 Å². The van der Waals surface area contributed by atoms with Gasteiger partial charge in [-0.05, 0) is 18.6 Å². The molecular formula is C14H13F3N2O3S2. The molecule has 0 aliphatic rings. The molecule has 2 rings (SSSR count). The zero-order valence-electron chi connectivity index (χ0n) is 12.4. The molecule has 0 aliphatic heterocycles. The number of hydrogen-bond donors (Lipinski definition) is 1. The monoisotopic (exact) mass is 378 g/mol. The van der Waals surface area contributed by atoms with Crippen LogP contribution in [0.15, 0.2) is 34.5 Å². The number of aromatic nitrogens is 1. The molecule has 1 aromatic heterocycles. The van der Waals surface area contributed by atoms with Gasteiger partial charge in [0.15, 0.2) is 20.7 Å². The maximum absolute atomic E-state index is 12.5. The Morgan fingerprint density at radius 2 is 1.96 bits per heavy atom. The van der Waals surface area contributed by atoms with E-state index in [0.717, 1.165) is 5.38 Å². The van der Waals surface area contributed by atoms with Gasteiger partial charge < -0.3 is 0 Å². The first kappa shape index (κ1) is 18.4. The van der Waals surface area contributed by atoms with Gasteiger partial charge in [0.05, 0.1) is 16.2 Å². The Bertz CT molecular complexity index is 845. The molecule has 5 nitrogen and oxygen atoms in total. The van der Waals surface area contributed by atoms with Crippen LogP contribution in [0.5, 0.6) is 0 Å². The smallest absolute Gasteiger partial charge is 0.298 e. The summed E-state index contributed by atoms with van der Waals surface area (Å²) in [6.07, 6.45) is -4.23. The normalized spacial score (nSPS) is 12.2. The fourth-order valence-electron chi connectivity index (χ4n) is 1.93. The van der Waals surface area contributed by atoms with Gasteiger partial charge in [-0.1, -0.05) is 19.1 Å². The fraction of sp³-hybridized carbons (Fsp3) is 0.286. The molecule has 2 aromatic rings. The molecule has 0 saturated heterocycles. The number of benzene rings is 1. The number of amides is 1. The SMILES string of the molecule is CCCS(=O)(=O)c1ccccc1C(=O)Nc1nc(C(F)(F)F)cs1. The van der Waals surface area contributed by atoms with Crippen molar-refractivity contribution in [3.05, 3.63) is 40.9 Å². The molecule has 1 N–H and O–H groups in total. The first-order valence-corrected chi connectivity index (χ1v) is 9.34. The average molecular weight is 378 g/mol. The average Bonchev–Trinajstić information content (AvgIpc) is 2.96. The summed E-state index contributed by atoms with van der Waals surface area (Å²) in [4.78, 5) is 15.4. The minimum atomic E-state index is -4.61. The number of halogens is 3. The summed E-state index contributed by atoms with van der Waals surface area (Å²) in [5.74, 6) is -0.958. The highest BCUT2D eigenvalue weighted by molar-refractivity contribution is 7.91. The molecule has 0 radical (unpaired) electrons. The van der Waals surface area contributed by atoms with Crippen molar-refractivity contribution < 1.29 is 26.4 Å². The highest BCUT2D eigenvalue weighted by Gasteiger charge is 2.34. The number of rotatable bonds is 5. The Hall–Kier alpha value is -1.94. The Labute approximate surface area is 140 Å². The standard InChI is InChI=1S/C14H13F3N2O3S2/c1-2-7-24(21,22)10-6-4-3-5-9(10)12(20)19-13-18-11(8-23-13)14(15,16)17/h3-6,8H,2,7H2,1H3,(H,18,19,20). The molecular weight excluding hydrogens is 365 g/mol. The second-order valence-corrected chi connectivity index (χ2v) is 7.74. The zero-order chi connectivity index (χ0) is 18.0. The quantitative estimate of drug-likeness (QED) is 0.863. The first-order valence-electron chi connectivity index (χ1n) is 6.81. The van der Waals surface area contributed by atoms with Gasteiger partial charge in [0.2, 0.25) is 0 Å². The van der Waals surface area contributed by atoms with Gasteiger partial charge in [-0.25, -0.2) is 13.4 Å². The van der Waals surface area contributed by atoms with Crippen LogP contribution in [-0.2, 0) is 16.0 Å². The van der Waals surface area contributed by atoms with Gasteiger partial charge in [-0.15, -0.1) is 11.3 Å². The van der Waals surface area contributed by atoms with Crippen LogP contribution in [0.3, 0.4) is 0 Å². The Kier molecular flexibility index (Phi) is 5.29. The van der Waals surface area contributed by atoms with Gasteiger partial charge in [0.25, 0.3) is 5.91 Å². The van der Waals surface area contributed by atoms with Crippen molar-refractivity contribution in [2.24, 2.45) is 0 Å². The number of nitrogens with one attached hydrogen (secondary N) is 1. The summed E-state index contributed by atoms with van der Waals surface area (Å²) in [7, 11) is -3.65. The number of alkyl halides is 3. The number of hydrogen-bond acceptors (Lipinski definition) is 5. The zero-order valence-corrected chi connectivity index (χ0v) is 14.1. The lowest BCUT2D eigenvalue weighted by molar-refractivity contribution is -0.140. The fourth-order valence-corrected chi connectivity index (χ4v) is 4.18. The third-order valence-electron chi connectivity index (χ3n) is 2.95. The van der Waals surface area contributed by atoms with Crippen LogP contribution in [0.1, 0.15) is 29.4 Å². The van der Waals surface area contributed by atoms with Crippen LogP contribution in [0, 0.1) is 0 Å². The van der Waals surface area contributed by atoms with Crippen molar-refractivity contribution in [3.8, 4) is 0 Å². The molecule has 24 heavy (non-hydrogen) atoms. The molecule has 1 heterocycles. The largest absolute Gasteiger partial charge is 0.434 e. The molecule has 130 valence electrons. The molecule has 10 heteroatoms. The second-order valence-electron chi connectivity index (χ2n) is 4.80. The highest BCUT2D eigenvalue weighted by Crippen LogP contribution is 2.32. The molecule has 0 fully saturated rings. The van der Waals surface area contributed by atoms with Crippen molar-refractivity contribution in [1.82, 2.24) is 4.98 Å². The van der Waals surface area contributed by atoms with Gasteiger partial charge in [-0.2, -0.15) is 13.2 Å². The van der Waals surface area contributed by atoms with E-state index in [1.54, 1.807) is 6.92 Å². The van der Waals surface area contributed by atoms with Crippen LogP contribution in [0.25, 0.3) is 0 Å². The van der Waals surface area contributed by atoms with Crippen LogP contribution < -0.4 is 5.32 Å². The second kappa shape index (κ2) is 6.89.